The van der Waals surface area contributed by atoms with Gasteiger partial charge in [0, 0.05) is 11.3 Å². The number of amides is 1. The second kappa shape index (κ2) is 7.56. The van der Waals surface area contributed by atoms with Gasteiger partial charge in [-0.2, -0.15) is 4.80 Å². The Kier molecular flexibility index (Phi) is 5.02. The van der Waals surface area contributed by atoms with E-state index < -0.39 is 5.97 Å². The number of aryl methyl sites for hydroxylation is 1. The number of esters is 1. The van der Waals surface area contributed by atoms with Crippen molar-refractivity contribution < 1.29 is 14.3 Å². The van der Waals surface area contributed by atoms with Crippen LogP contribution in [0.5, 0.6) is 0 Å². The van der Waals surface area contributed by atoms with Gasteiger partial charge in [-0.05, 0) is 30.3 Å². The summed E-state index contributed by atoms with van der Waals surface area (Å²) in [5, 5.41) is 14.8. The van der Waals surface area contributed by atoms with Crippen molar-refractivity contribution in [3.05, 3.63) is 59.7 Å². The van der Waals surface area contributed by atoms with E-state index in [1.807, 2.05) is 31.2 Å². The molecule has 8 nitrogen and oxygen atoms in total. The van der Waals surface area contributed by atoms with Crippen LogP contribution >= 0.6 is 0 Å². The summed E-state index contributed by atoms with van der Waals surface area (Å²) in [6, 6.07) is 14.2. The fourth-order valence-electron chi connectivity index (χ4n) is 2.30. The van der Waals surface area contributed by atoms with Crippen molar-refractivity contribution in [2.24, 2.45) is 0 Å². The summed E-state index contributed by atoms with van der Waals surface area (Å²) < 4.78 is 4.66. The van der Waals surface area contributed by atoms with E-state index in [9.17, 15) is 9.59 Å². The van der Waals surface area contributed by atoms with Crippen molar-refractivity contribution >= 4 is 17.6 Å². The molecule has 0 atom stereocenters. The summed E-state index contributed by atoms with van der Waals surface area (Å²) in [5.74, 6) is -0.354. The van der Waals surface area contributed by atoms with Crippen LogP contribution in [0, 0.1) is 6.92 Å². The monoisotopic (exact) mass is 351 g/mol. The highest BCUT2D eigenvalue weighted by atomic mass is 16.5. The van der Waals surface area contributed by atoms with E-state index in [-0.39, 0.29) is 12.5 Å². The first kappa shape index (κ1) is 17.3. The molecule has 3 aromatic rings. The first-order valence-electron chi connectivity index (χ1n) is 7.88. The number of hydrogen-bond donors (Lipinski definition) is 1. The first-order valence-corrected chi connectivity index (χ1v) is 7.88. The average molecular weight is 351 g/mol. The van der Waals surface area contributed by atoms with Crippen LogP contribution < -0.4 is 5.32 Å². The highest BCUT2D eigenvalue weighted by Crippen LogP contribution is 2.14. The fraction of sp³-hybridized carbons (Fsp3) is 0.167. The number of aromatic nitrogens is 4. The maximum Gasteiger partial charge on any atom is 0.337 e. The summed E-state index contributed by atoms with van der Waals surface area (Å²) in [5.41, 5.74) is 2.80. The molecule has 2 aromatic carbocycles. The molecule has 0 aliphatic carbocycles. The molecule has 0 saturated carbocycles. The summed E-state index contributed by atoms with van der Waals surface area (Å²) in [4.78, 5) is 24.9. The molecule has 26 heavy (non-hydrogen) atoms. The van der Waals surface area contributed by atoms with Crippen LogP contribution in [0.1, 0.15) is 15.9 Å². The van der Waals surface area contributed by atoms with Crippen molar-refractivity contribution in [3.8, 4) is 11.4 Å². The molecule has 0 radical (unpaired) electrons. The molecule has 8 heteroatoms. The Balaban J connectivity index is 1.65. The van der Waals surface area contributed by atoms with E-state index in [1.54, 1.807) is 18.2 Å². The van der Waals surface area contributed by atoms with Crippen LogP contribution in [0.25, 0.3) is 11.4 Å². The second-order valence-corrected chi connectivity index (χ2v) is 5.63. The minimum Gasteiger partial charge on any atom is -0.465 e. The summed E-state index contributed by atoms with van der Waals surface area (Å²) >= 11 is 0. The summed E-state index contributed by atoms with van der Waals surface area (Å²) in [6.45, 7) is 1.90. The molecule has 1 amide bonds. The SMILES string of the molecule is COC(=O)c1cccc(NC(=O)Cn2nnc(-c3ccc(C)cc3)n2)c1. The van der Waals surface area contributed by atoms with E-state index in [1.165, 1.54) is 18.0 Å². The largest absolute Gasteiger partial charge is 0.465 e. The molecular formula is C18H17N5O3. The van der Waals surface area contributed by atoms with Crippen molar-refractivity contribution in [1.82, 2.24) is 20.2 Å². The molecule has 0 fully saturated rings. The number of hydrogen-bond acceptors (Lipinski definition) is 6. The third kappa shape index (κ3) is 4.10. The zero-order valence-electron chi connectivity index (χ0n) is 14.3. The van der Waals surface area contributed by atoms with Crippen LogP contribution in [-0.2, 0) is 16.1 Å². The number of carbonyl (C=O) groups excluding carboxylic acids is 2. The van der Waals surface area contributed by atoms with Gasteiger partial charge in [0.15, 0.2) is 0 Å². The number of benzene rings is 2. The molecule has 1 N–H and O–H groups in total. The topological polar surface area (TPSA) is 99.0 Å². The lowest BCUT2D eigenvalue weighted by Gasteiger charge is -2.06. The molecule has 132 valence electrons. The number of methoxy groups -OCH3 is 1. The van der Waals surface area contributed by atoms with Crippen LogP contribution in [0.4, 0.5) is 5.69 Å². The first-order chi connectivity index (χ1) is 12.5. The average Bonchev–Trinajstić information content (AvgIpc) is 3.10. The standard InChI is InChI=1S/C18H17N5O3/c1-12-6-8-13(9-7-12)17-20-22-23(21-17)11-16(24)19-15-5-3-4-14(10-15)18(25)26-2/h3-10H,11H2,1-2H3,(H,19,24). The minimum atomic E-state index is -0.471. The van der Waals surface area contributed by atoms with E-state index >= 15 is 0 Å². The quantitative estimate of drug-likeness (QED) is 0.707. The van der Waals surface area contributed by atoms with Crippen molar-refractivity contribution in [2.75, 3.05) is 12.4 Å². The van der Waals surface area contributed by atoms with E-state index in [2.05, 4.69) is 25.5 Å². The Morgan fingerprint density at radius 1 is 1.15 bits per heavy atom. The van der Waals surface area contributed by atoms with Gasteiger partial charge in [-0.15, -0.1) is 10.2 Å². The van der Waals surface area contributed by atoms with Gasteiger partial charge in [-0.25, -0.2) is 4.79 Å². The molecular weight excluding hydrogens is 334 g/mol. The van der Waals surface area contributed by atoms with E-state index in [0.29, 0.717) is 17.1 Å². The molecule has 0 spiro atoms. The fourth-order valence-corrected chi connectivity index (χ4v) is 2.30. The molecule has 3 rings (SSSR count). The van der Waals surface area contributed by atoms with Gasteiger partial charge in [-0.1, -0.05) is 35.9 Å². The Bertz CT molecular complexity index is 934. The maximum absolute atomic E-state index is 12.2. The van der Waals surface area contributed by atoms with Gasteiger partial charge < -0.3 is 10.1 Å². The van der Waals surface area contributed by atoms with Gasteiger partial charge in [0.1, 0.15) is 6.54 Å². The zero-order valence-corrected chi connectivity index (χ0v) is 14.3. The molecule has 0 bridgehead atoms. The van der Waals surface area contributed by atoms with E-state index in [0.717, 1.165) is 11.1 Å². The third-order valence-corrected chi connectivity index (χ3v) is 3.62. The number of nitrogens with one attached hydrogen (secondary N) is 1. The number of tetrazole rings is 1. The van der Waals surface area contributed by atoms with Gasteiger partial charge in [0.05, 0.1) is 12.7 Å². The highest BCUT2D eigenvalue weighted by Gasteiger charge is 2.11. The normalized spacial score (nSPS) is 10.4. The lowest BCUT2D eigenvalue weighted by atomic mass is 10.1. The smallest absolute Gasteiger partial charge is 0.337 e. The molecule has 0 saturated heterocycles. The van der Waals surface area contributed by atoms with Crippen molar-refractivity contribution in [3.63, 3.8) is 0 Å². The predicted octanol–water partition coefficient (Wildman–Crippen LogP) is 2.07. The molecule has 1 heterocycles. The summed E-state index contributed by atoms with van der Waals surface area (Å²) in [7, 11) is 1.30. The number of ether oxygens (including phenoxy) is 1. The lowest BCUT2D eigenvalue weighted by Crippen LogP contribution is -2.20. The molecule has 0 aliphatic rings. The van der Waals surface area contributed by atoms with Gasteiger partial charge in [-0.3, -0.25) is 4.79 Å². The Labute approximate surface area is 149 Å². The Morgan fingerprint density at radius 2 is 1.92 bits per heavy atom. The number of anilines is 1. The van der Waals surface area contributed by atoms with Gasteiger partial charge in [0.25, 0.3) is 0 Å². The number of carbonyl (C=O) groups is 2. The van der Waals surface area contributed by atoms with Gasteiger partial charge in [0.2, 0.25) is 11.7 Å². The lowest BCUT2D eigenvalue weighted by molar-refractivity contribution is -0.117. The summed E-state index contributed by atoms with van der Waals surface area (Å²) in [6.07, 6.45) is 0. The van der Waals surface area contributed by atoms with Crippen LogP contribution in [0.3, 0.4) is 0 Å². The van der Waals surface area contributed by atoms with Crippen molar-refractivity contribution in [1.29, 1.82) is 0 Å². The Hall–Kier alpha value is -3.55. The van der Waals surface area contributed by atoms with Gasteiger partial charge >= 0.3 is 5.97 Å². The predicted molar refractivity (Wildman–Crippen MR) is 94.4 cm³/mol. The Morgan fingerprint density at radius 3 is 2.65 bits per heavy atom. The third-order valence-electron chi connectivity index (χ3n) is 3.62. The van der Waals surface area contributed by atoms with Crippen molar-refractivity contribution in [2.45, 2.75) is 13.5 Å². The number of nitrogens with zero attached hydrogens (tertiary/aromatic N) is 4. The number of rotatable bonds is 5. The molecule has 0 unspecified atom stereocenters. The minimum absolute atomic E-state index is 0.0959. The van der Waals surface area contributed by atoms with Crippen LogP contribution in [0.15, 0.2) is 48.5 Å². The highest BCUT2D eigenvalue weighted by molar-refractivity contribution is 5.94. The van der Waals surface area contributed by atoms with E-state index in [4.69, 9.17) is 0 Å². The second-order valence-electron chi connectivity index (χ2n) is 5.63. The molecule has 0 aliphatic heterocycles. The van der Waals surface area contributed by atoms with Crippen LogP contribution in [-0.4, -0.2) is 39.2 Å². The van der Waals surface area contributed by atoms with Crippen LogP contribution in [0.2, 0.25) is 0 Å². The zero-order chi connectivity index (χ0) is 18.5. The molecule has 1 aromatic heterocycles. The maximum atomic E-state index is 12.2.